The molecular formula is C20H26N2O5S. The van der Waals surface area contributed by atoms with Crippen molar-refractivity contribution in [2.24, 2.45) is 0 Å². The van der Waals surface area contributed by atoms with Crippen LogP contribution in [0.15, 0.2) is 47.4 Å². The van der Waals surface area contributed by atoms with E-state index in [2.05, 4.69) is 5.32 Å². The quantitative estimate of drug-likeness (QED) is 0.692. The summed E-state index contributed by atoms with van der Waals surface area (Å²) in [6.07, 6.45) is 0. The molecule has 2 rings (SSSR count). The van der Waals surface area contributed by atoms with Gasteiger partial charge in [0.1, 0.15) is 0 Å². The second-order valence-electron chi connectivity index (χ2n) is 5.96. The lowest BCUT2D eigenvalue weighted by atomic mass is 10.1. The summed E-state index contributed by atoms with van der Waals surface area (Å²) in [4.78, 5) is 12.7. The summed E-state index contributed by atoms with van der Waals surface area (Å²) in [5.41, 5.74) is 1.15. The average Bonchev–Trinajstić information content (AvgIpc) is 2.72. The molecule has 152 valence electrons. The fourth-order valence-electron chi connectivity index (χ4n) is 2.84. The molecule has 0 aliphatic carbocycles. The number of nitrogens with one attached hydrogen (secondary N) is 1. The Balaban J connectivity index is 2.11. The van der Waals surface area contributed by atoms with Crippen molar-refractivity contribution in [2.75, 3.05) is 27.3 Å². The summed E-state index contributed by atoms with van der Waals surface area (Å²) in [7, 11) is -0.510. The van der Waals surface area contributed by atoms with Crippen LogP contribution in [0.2, 0.25) is 0 Å². The zero-order chi connectivity index (χ0) is 20.7. The van der Waals surface area contributed by atoms with Gasteiger partial charge in [0.25, 0.3) is 5.91 Å². The number of rotatable bonds is 9. The first kappa shape index (κ1) is 21.7. The van der Waals surface area contributed by atoms with Crippen LogP contribution >= 0.6 is 0 Å². The lowest BCUT2D eigenvalue weighted by Crippen LogP contribution is -2.30. The highest BCUT2D eigenvalue weighted by molar-refractivity contribution is 7.89. The van der Waals surface area contributed by atoms with Crippen LogP contribution in [0, 0.1) is 0 Å². The van der Waals surface area contributed by atoms with Gasteiger partial charge >= 0.3 is 0 Å². The topological polar surface area (TPSA) is 84.9 Å². The molecule has 8 heteroatoms. The van der Waals surface area contributed by atoms with Crippen LogP contribution < -0.4 is 14.8 Å². The van der Waals surface area contributed by atoms with E-state index in [0.717, 1.165) is 5.56 Å². The van der Waals surface area contributed by atoms with Gasteiger partial charge in [-0.15, -0.1) is 0 Å². The van der Waals surface area contributed by atoms with Crippen LogP contribution in [0.3, 0.4) is 0 Å². The molecule has 2 aromatic rings. The van der Waals surface area contributed by atoms with E-state index in [1.54, 1.807) is 56.3 Å². The Labute approximate surface area is 166 Å². The zero-order valence-corrected chi connectivity index (χ0v) is 17.4. The number of carbonyl (C=O) groups is 1. The van der Waals surface area contributed by atoms with Crippen molar-refractivity contribution in [3.63, 3.8) is 0 Å². The van der Waals surface area contributed by atoms with Gasteiger partial charge in [0.15, 0.2) is 11.5 Å². The lowest BCUT2D eigenvalue weighted by molar-refractivity contribution is 0.0947. The van der Waals surface area contributed by atoms with E-state index in [9.17, 15) is 13.2 Å². The van der Waals surface area contributed by atoms with E-state index in [-0.39, 0.29) is 17.3 Å². The van der Waals surface area contributed by atoms with E-state index in [4.69, 9.17) is 9.47 Å². The summed E-state index contributed by atoms with van der Waals surface area (Å²) < 4.78 is 36.9. The molecule has 0 radical (unpaired) electrons. The number of amides is 1. The van der Waals surface area contributed by atoms with Crippen molar-refractivity contribution in [2.45, 2.75) is 25.3 Å². The normalized spacial score (nSPS) is 11.3. The minimum atomic E-state index is -3.49. The molecule has 0 saturated heterocycles. The molecule has 2 aromatic carbocycles. The van der Waals surface area contributed by atoms with Gasteiger partial charge in [0.2, 0.25) is 10.0 Å². The van der Waals surface area contributed by atoms with Gasteiger partial charge in [-0.25, -0.2) is 8.42 Å². The molecule has 0 aromatic heterocycles. The standard InChI is InChI=1S/C20H26N2O5S/c1-5-22(6-2)28(24,25)16-12-10-15(11-13-16)14-21-20(23)17-8-7-9-18(26-3)19(17)27-4/h7-13H,5-6,14H2,1-4H3,(H,21,23). The summed E-state index contributed by atoms with van der Waals surface area (Å²) in [5, 5.41) is 2.81. The molecule has 0 fully saturated rings. The summed E-state index contributed by atoms with van der Waals surface area (Å²) in [5.74, 6) is 0.528. The van der Waals surface area contributed by atoms with Crippen LogP contribution in [0.5, 0.6) is 11.5 Å². The Morgan fingerprint density at radius 1 is 1.00 bits per heavy atom. The summed E-state index contributed by atoms with van der Waals surface area (Å²) >= 11 is 0. The third-order valence-electron chi connectivity index (χ3n) is 4.37. The predicted octanol–water partition coefficient (Wildman–Crippen LogP) is 2.66. The molecule has 0 heterocycles. The van der Waals surface area contributed by atoms with Crippen LogP contribution in [-0.2, 0) is 16.6 Å². The second-order valence-corrected chi connectivity index (χ2v) is 7.89. The minimum absolute atomic E-state index is 0.237. The number of hydrogen-bond acceptors (Lipinski definition) is 5. The number of hydrogen-bond donors (Lipinski definition) is 1. The zero-order valence-electron chi connectivity index (χ0n) is 16.6. The van der Waals surface area contributed by atoms with Crippen LogP contribution in [0.25, 0.3) is 0 Å². The van der Waals surface area contributed by atoms with E-state index >= 15 is 0 Å². The molecule has 0 saturated carbocycles. The number of sulfonamides is 1. The van der Waals surface area contributed by atoms with Crippen molar-refractivity contribution in [3.05, 3.63) is 53.6 Å². The van der Waals surface area contributed by atoms with E-state index in [0.29, 0.717) is 30.2 Å². The van der Waals surface area contributed by atoms with Crippen LogP contribution in [0.1, 0.15) is 29.8 Å². The molecule has 0 atom stereocenters. The number of para-hydroxylation sites is 1. The number of ether oxygens (including phenoxy) is 2. The van der Waals surface area contributed by atoms with E-state index in [1.807, 2.05) is 0 Å². The molecule has 28 heavy (non-hydrogen) atoms. The maximum atomic E-state index is 12.5. The Bertz CT molecular complexity index is 907. The van der Waals surface area contributed by atoms with Gasteiger partial charge in [-0.1, -0.05) is 32.0 Å². The van der Waals surface area contributed by atoms with Gasteiger partial charge in [0, 0.05) is 19.6 Å². The first-order valence-corrected chi connectivity index (χ1v) is 10.4. The summed E-state index contributed by atoms with van der Waals surface area (Å²) in [6.45, 7) is 4.69. The van der Waals surface area contributed by atoms with Gasteiger partial charge in [0.05, 0.1) is 24.7 Å². The molecular weight excluding hydrogens is 380 g/mol. The van der Waals surface area contributed by atoms with Gasteiger partial charge in [-0.05, 0) is 29.8 Å². The van der Waals surface area contributed by atoms with Crippen LogP contribution in [-0.4, -0.2) is 45.9 Å². The van der Waals surface area contributed by atoms with Gasteiger partial charge in [-0.2, -0.15) is 4.31 Å². The fourth-order valence-corrected chi connectivity index (χ4v) is 4.29. The molecule has 0 aliphatic heterocycles. The van der Waals surface area contributed by atoms with Crippen molar-refractivity contribution in [1.29, 1.82) is 0 Å². The predicted molar refractivity (Wildman–Crippen MR) is 107 cm³/mol. The largest absolute Gasteiger partial charge is 0.493 e. The fraction of sp³-hybridized carbons (Fsp3) is 0.350. The maximum absolute atomic E-state index is 12.5. The molecule has 0 spiro atoms. The SMILES string of the molecule is CCN(CC)S(=O)(=O)c1ccc(CNC(=O)c2cccc(OC)c2OC)cc1. The Morgan fingerprint density at radius 3 is 2.18 bits per heavy atom. The Hall–Kier alpha value is -2.58. The highest BCUT2D eigenvalue weighted by atomic mass is 32.2. The first-order chi connectivity index (χ1) is 13.4. The molecule has 1 amide bonds. The van der Waals surface area contributed by atoms with Crippen molar-refractivity contribution >= 4 is 15.9 Å². The second kappa shape index (κ2) is 9.57. The lowest BCUT2D eigenvalue weighted by Gasteiger charge is -2.18. The highest BCUT2D eigenvalue weighted by Gasteiger charge is 2.21. The third-order valence-corrected chi connectivity index (χ3v) is 6.43. The summed E-state index contributed by atoms with van der Waals surface area (Å²) in [6, 6.07) is 11.6. The van der Waals surface area contributed by atoms with Gasteiger partial charge in [-0.3, -0.25) is 4.79 Å². The molecule has 1 N–H and O–H groups in total. The Morgan fingerprint density at radius 2 is 1.64 bits per heavy atom. The smallest absolute Gasteiger partial charge is 0.255 e. The van der Waals surface area contributed by atoms with Crippen molar-refractivity contribution in [3.8, 4) is 11.5 Å². The number of methoxy groups -OCH3 is 2. The molecule has 0 bridgehead atoms. The Kier molecular flexibility index (Phi) is 7.42. The maximum Gasteiger partial charge on any atom is 0.255 e. The van der Waals surface area contributed by atoms with Gasteiger partial charge < -0.3 is 14.8 Å². The highest BCUT2D eigenvalue weighted by Crippen LogP contribution is 2.30. The average molecular weight is 407 g/mol. The van der Waals surface area contributed by atoms with E-state index in [1.165, 1.54) is 18.5 Å². The van der Waals surface area contributed by atoms with Crippen LogP contribution in [0.4, 0.5) is 0 Å². The van der Waals surface area contributed by atoms with E-state index < -0.39 is 10.0 Å². The number of benzene rings is 2. The monoisotopic (exact) mass is 406 g/mol. The minimum Gasteiger partial charge on any atom is -0.493 e. The molecule has 7 nitrogen and oxygen atoms in total. The number of carbonyl (C=O) groups excluding carboxylic acids is 1. The number of nitrogens with zero attached hydrogens (tertiary/aromatic N) is 1. The van der Waals surface area contributed by atoms with Crippen molar-refractivity contribution in [1.82, 2.24) is 9.62 Å². The van der Waals surface area contributed by atoms with Crippen molar-refractivity contribution < 1.29 is 22.7 Å². The third kappa shape index (κ3) is 4.63. The molecule has 0 aliphatic rings. The molecule has 0 unspecified atom stereocenters. The first-order valence-electron chi connectivity index (χ1n) is 8.97.